The van der Waals surface area contributed by atoms with Crippen LogP contribution in [0.4, 0.5) is 5.95 Å². The molecule has 0 amide bonds. The zero-order chi connectivity index (χ0) is 30.7. The molecule has 2 aromatic heterocycles. The van der Waals surface area contributed by atoms with Gasteiger partial charge in [0.15, 0.2) is 22.7 Å². The number of para-hydroxylation sites is 1. The fourth-order valence-corrected chi connectivity index (χ4v) is 5.86. The number of nitrogens with zero attached hydrogens (tertiary/aromatic N) is 3. The molecule has 3 unspecified atom stereocenters. The van der Waals surface area contributed by atoms with E-state index in [9.17, 15) is 9.90 Å². The van der Waals surface area contributed by atoms with Gasteiger partial charge in [0.25, 0.3) is 5.56 Å². The van der Waals surface area contributed by atoms with Crippen molar-refractivity contribution >= 4 is 17.1 Å². The minimum absolute atomic E-state index is 0.0328. The van der Waals surface area contributed by atoms with E-state index in [4.69, 9.17) is 18.9 Å². The molecular weight excluding hydrogens is 562 g/mol. The SMILES string of the molecule is CCNc1nc2c(ncn2C2CC(O)C(COC(c3ccccc3)(c3ccccc3)c3cccc(OC)c3OC)O2)c(=O)[nH]1. The number of nitrogens with one attached hydrogen (secondary N) is 2. The second-order valence-electron chi connectivity index (χ2n) is 10.5. The second kappa shape index (κ2) is 12.5. The Kier molecular flexibility index (Phi) is 8.34. The minimum atomic E-state index is -1.15. The van der Waals surface area contributed by atoms with E-state index < -0.39 is 24.0 Å². The van der Waals surface area contributed by atoms with Gasteiger partial charge < -0.3 is 29.4 Å². The van der Waals surface area contributed by atoms with Crippen LogP contribution in [-0.4, -0.2) is 64.2 Å². The number of hydrogen-bond acceptors (Lipinski definition) is 9. The molecule has 0 spiro atoms. The van der Waals surface area contributed by atoms with Gasteiger partial charge in [0.05, 0.1) is 33.3 Å². The van der Waals surface area contributed by atoms with Crippen LogP contribution < -0.4 is 20.3 Å². The van der Waals surface area contributed by atoms with Gasteiger partial charge in [-0.3, -0.25) is 14.3 Å². The molecule has 1 aliphatic heterocycles. The molecule has 3 atom stereocenters. The topological polar surface area (TPSA) is 133 Å². The lowest BCUT2D eigenvalue weighted by Crippen LogP contribution is -2.38. The number of aliphatic hydroxyl groups excluding tert-OH is 1. The standard InChI is InChI=1S/C33H35N5O6/c1-4-34-32-36-30-28(31(40)37-32)35-20-38(30)27-18-24(39)26(44-27)19-43-33(21-12-7-5-8-13-21,22-14-9-6-10-15-22)23-16-11-17-25(41-2)29(23)42-3/h5-17,20,24,26-27,39H,4,18-19H2,1-3H3,(H2,34,36,37,40). The molecule has 11 heteroatoms. The van der Waals surface area contributed by atoms with Crippen molar-refractivity contribution in [2.24, 2.45) is 0 Å². The lowest BCUT2D eigenvalue weighted by molar-refractivity contribution is -0.0935. The number of rotatable bonds is 11. The zero-order valence-corrected chi connectivity index (χ0v) is 24.8. The van der Waals surface area contributed by atoms with Gasteiger partial charge in [0.2, 0.25) is 5.95 Å². The lowest BCUT2D eigenvalue weighted by Gasteiger charge is -2.38. The third-order valence-electron chi connectivity index (χ3n) is 7.90. The van der Waals surface area contributed by atoms with Crippen LogP contribution in [0, 0.1) is 0 Å². The Hall–Kier alpha value is -4.71. The molecule has 228 valence electrons. The molecule has 1 fully saturated rings. The maximum absolute atomic E-state index is 12.6. The van der Waals surface area contributed by atoms with E-state index in [1.807, 2.05) is 85.8 Å². The van der Waals surface area contributed by atoms with E-state index in [0.29, 0.717) is 29.6 Å². The third kappa shape index (κ3) is 5.19. The second-order valence-corrected chi connectivity index (χ2v) is 10.5. The fraction of sp³-hybridized carbons (Fsp3) is 0.303. The number of aliphatic hydroxyl groups is 1. The lowest BCUT2D eigenvalue weighted by atomic mass is 9.79. The summed E-state index contributed by atoms with van der Waals surface area (Å²) in [5, 5.41) is 14.3. The van der Waals surface area contributed by atoms with Gasteiger partial charge in [-0.1, -0.05) is 72.8 Å². The number of anilines is 1. The van der Waals surface area contributed by atoms with Gasteiger partial charge in [-0.2, -0.15) is 4.98 Å². The number of fused-ring (bicyclic) bond motifs is 1. The average molecular weight is 598 g/mol. The van der Waals surface area contributed by atoms with E-state index >= 15 is 0 Å². The number of benzene rings is 3. The number of H-pyrrole nitrogens is 1. The molecule has 11 nitrogen and oxygen atoms in total. The molecule has 0 bridgehead atoms. The summed E-state index contributed by atoms with van der Waals surface area (Å²) in [7, 11) is 3.20. The number of ether oxygens (including phenoxy) is 4. The quantitative estimate of drug-likeness (QED) is 0.191. The number of aromatic amines is 1. The van der Waals surface area contributed by atoms with Crippen molar-refractivity contribution in [1.29, 1.82) is 0 Å². The Labute approximate surface area is 254 Å². The molecule has 0 radical (unpaired) electrons. The number of imidazole rings is 1. The van der Waals surface area contributed by atoms with Crippen LogP contribution in [0.1, 0.15) is 36.3 Å². The molecule has 1 aliphatic rings. The Balaban J connectivity index is 1.39. The van der Waals surface area contributed by atoms with Crippen molar-refractivity contribution in [3.8, 4) is 11.5 Å². The van der Waals surface area contributed by atoms with Crippen molar-refractivity contribution in [2.75, 3.05) is 32.7 Å². The first-order chi connectivity index (χ1) is 21.5. The maximum atomic E-state index is 12.6. The number of methoxy groups -OCH3 is 2. The van der Waals surface area contributed by atoms with Crippen LogP contribution >= 0.6 is 0 Å². The molecule has 0 saturated carbocycles. The minimum Gasteiger partial charge on any atom is -0.493 e. The fourth-order valence-electron chi connectivity index (χ4n) is 5.86. The normalized spacial score (nSPS) is 18.4. The smallest absolute Gasteiger partial charge is 0.280 e. The molecule has 3 N–H and O–H groups in total. The van der Waals surface area contributed by atoms with E-state index in [-0.39, 0.29) is 24.1 Å². The van der Waals surface area contributed by atoms with Crippen LogP contribution in [-0.2, 0) is 15.1 Å². The molecule has 44 heavy (non-hydrogen) atoms. The summed E-state index contributed by atoms with van der Waals surface area (Å²) in [6.07, 6.45) is -0.388. The summed E-state index contributed by atoms with van der Waals surface area (Å²) in [5.74, 6) is 1.44. The Morgan fingerprint density at radius 2 is 1.73 bits per heavy atom. The van der Waals surface area contributed by atoms with Gasteiger partial charge in [-0.25, -0.2) is 4.98 Å². The summed E-state index contributed by atoms with van der Waals surface area (Å²) in [6, 6.07) is 25.4. The van der Waals surface area contributed by atoms with Gasteiger partial charge in [0.1, 0.15) is 17.9 Å². The van der Waals surface area contributed by atoms with Gasteiger partial charge in [-0.05, 0) is 24.1 Å². The van der Waals surface area contributed by atoms with Crippen LogP contribution in [0.25, 0.3) is 11.2 Å². The van der Waals surface area contributed by atoms with E-state index in [0.717, 1.165) is 16.7 Å². The molecule has 5 aromatic rings. The van der Waals surface area contributed by atoms with Crippen molar-refractivity contribution in [3.05, 3.63) is 112 Å². The zero-order valence-electron chi connectivity index (χ0n) is 24.8. The summed E-state index contributed by atoms with van der Waals surface area (Å²) < 4.78 is 26.6. The summed E-state index contributed by atoms with van der Waals surface area (Å²) >= 11 is 0. The molecule has 1 saturated heterocycles. The average Bonchev–Trinajstić information content (AvgIpc) is 3.65. The summed E-state index contributed by atoms with van der Waals surface area (Å²) in [6.45, 7) is 2.53. The predicted molar refractivity (Wildman–Crippen MR) is 165 cm³/mol. The molecular formula is C33H35N5O6. The van der Waals surface area contributed by atoms with Crippen molar-refractivity contribution in [1.82, 2.24) is 19.5 Å². The van der Waals surface area contributed by atoms with Crippen LogP contribution in [0.5, 0.6) is 11.5 Å². The Morgan fingerprint density at radius 3 is 2.36 bits per heavy atom. The van der Waals surface area contributed by atoms with Crippen LogP contribution in [0.2, 0.25) is 0 Å². The number of aromatic nitrogens is 4. The first kappa shape index (κ1) is 29.4. The summed E-state index contributed by atoms with van der Waals surface area (Å²) in [5.41, 5.74) is 1.52. The molecule has 3 aromatic carbocycles. The highest BCUT2D eigenvalue weighted by Gasteiger charge is 2.44. The van der Waals surface area contributed by atoms with Gasteiger partial charge >= 0.3 is 0 Å². The first-order valence-corrected chi connectivity index (χ1v) is 14.5. The van der Waals surface area contributed by atoms with Crippen molar-refractivity contribution in [2.45, 2.75) is 37.4 Å². The van der Waals surface area contributed by atoms with E-state index in [1.54, 1.807) is 18.8 Å². The van der Waals surface area contributed by atoms with Crippen molar-refractivity contribution < 1.29 is 24.1 Å². The van der Waals surface area contributed by atoms with E-state index in [1.165, 1.54) is 6.33 Å². The molecule has 3 heterocycles. The highest BCUT2D eigenvalue weighted by atomic mass is 16.6. The monoisotopic (exact) mass is 597 g/mol. The first-order valence-electron chi connectivity index (χ1n) is 14.5. The number of hydrogen-bond donors (Lipinski definition) is 3. The van der Waals surface area contributed by atoms with Gasteiger partial charge in [0, 0.05) is 18.5 Å². The Morgan fingerprint density at radius 1 is 1.02 bits per heavy atom. The highest BCUT2D eigenvalue weighted by molar-refractivity contribution is 5.71. The predicted octanol–water partition coefficient (Wildman–Crippen LogP) is 4.23. The van der Waals surface area contributed by atoms with E-state index in [2.05, 4.69) is 20.3 Å². The highest BCUT2D eigenvalue weighted by Crippen LogP contribution is 2.48. The van der Waals surface area contributed by atoms with Crippen LogP contribution in [0.15, 0.2) is 90.0 Å². The van der Waals surface area contributed by atoms with Crippen LogP contribution in [0.3, 0.4) is 0 Å². The largest absolute Gasteiger partial charge is 0.493 e. The molecule has 0 aliphatic carbocycles. The van der Waals surface area contributed by atoms with Crippen molar-refractivity contribution in [3.63, 3.8) is 0 Å². The van der Waals surface area contributed by atoms with Gasteiger partial charge in [-0.15, -0.1) is 0 Å². The molecule has 6 rings (SSSR count). The third-order valence-corrected chi connectivity index (χ3v) is 7.90. The Bertz CT molecular complexity index is 1740. The maximum Gasteiger partial charge on any atom is 0.280 e. The summed E-state index contributed by atoms with van der Waals surface area (Å²) in [4.78, 5) is 24.1.